The van der Waals surface area contributed by atoms with Crippen molar-refractivity contribution in [2.24, 2.45) is 0 Å². The SMILES string of the molecule is COc1ccc(-c2nnc(-c3cc(C(C)(C)C)cc(C(C)(C)C)c3)o2)cc1. The Kier molecular flexibility index (Phi) is 4.85. The third kappa shape index (κ3) is 4.21. The standard InChI is InChI=1S/C23H28N2O2/c1-22(2,3)17-12-16(13-18(14-17)23(4,5)6)21-25-24-20(27-21)15-8-10-19(26-7)11-9-15/h8-14H,1-7H3. The summed E-state index contributed by atoms with van der Waals surface area (Å²) in [6.45, 7) is 13.3. The summed E-state index contributed by atoms with van der Waals surface area (Å²) in [6.07, 6.45) is 0. The van der Waals surface area contributed by atoms with Crippen LogP contribution in [0.2, 0.25) is 0 Å². The average molecular weight is 364 g/mol. The van der Waals surface area contributed by atoms with Crippen molar-refractivity contribution in [3.8, 4) is 28.7 Å². The molecule has 0 spiro atoms. The van der Waals surface area contributed by atoms with Gasteiger partial charge >= 0.3 is 0 Å². The monoisotopic (exact) mass is 364 g/mol. The molecule has 0 atom stereocenters. The van der Waals surface area contributed by atoms with Gasteiger partial charge in [0.1, 0.15) is 5.75 Å². The fourth-order valence-corrected chi connectivity index (χ4v) is 2.81. The molecule has 0 N–H and O–H groups in total. The Hall–Kier alpha value is -2.62. The van der Waals surface area contributed by atoms with Gasteiger partial charge in [-0.3, -0.25) is 0 Å². The van der Waals surface area contributed by atoms with Crippen molar-refractivity contribution < 1.29 is 9.15 Å². The van der Waals surface area contributed by atoms with Crippen molar-refractivity contribution in [3.05, 3.63) is 53.6 Å². The van der Waals surface area contributed by atoms with Crippen LogP contribution >= 0.6 is 0 Å². The van der Waals surface area contributed by atoms with Crippen LogP contribution in [0, 0.1) is 0 Å². The average Bonchev–Trinajstić information content (AvgIpc) is 3.10. The highest BCUT2D eigenvalue weighted by atomic mass is 16.5. The van der Waals surface area contributed by atoms with Crippen molar-refractivity contribution in [2.75, 3.05) is 7.11 Å². The molecule has 0 bridgehead atoms. The van der Waals surface area contributed by atoms with E-state index in [1.54, 1.807) is 7.11 Å². The number of hydrogen-bond donors (Lipinski definition) is 0. The van der Waals surface area contributed by atoms with Gasteiger partial charge in [0.05, 0.1) is 7.11 Å². The fourth-order valence-electron chi connectivity index (χ4n) is 2.81. The summed E-state index contributed by atoms with van der Waals surface area (Å²) in [6, 6.07) is 14.2. The third-order valence-corrected chi connectivity index (χ3v) is 4.67. The molecule has 4 nitrogen and oxygen atoms in total. The second kappa shape index (κ2) is 6.84. The number of rotatable bonds is 3. The lowest BCUT2D eigenvalue weighted by Gasteiger charge is -2.25. The lowest BCUT2D eigenvalue weighted by Crippen LogP contribution is -2.16. The Balaban J connectivity index is 2.04. The molecular formula is C23H28N2O2. The normalized spacial score (nSPS) is 12.3. The van der Waals surface area contributed by atoms with Gasteiger partial charge in [-0.05, 0) is 58.4 Å². The minimum Gasteiger partial charge on any atom is -0.497 e. The Bertz CT molecular complexity index is 894. The molecule has 3 rings (SSSR count). The minimum atomic E-state index is 0.0366. The molecule has 0 amide bonds. The maximum Gasteiger partial charge on any atom is 0.248 e. The smallest absolute Gasteiger partial charge is 0.248 e. The number of ether oxygens (including phenoxy) is 1. The molecule has 0 aliphatic heterocycles. The van der Waals surface area contributed by atoms with Crippen LogP contribution in [0.25, 0.3) is 22.9 Å². The predicted octanol–water partition coefficient (Wildman–Crippen LogP) is 6.01. The summed E-state index contributed by atoms with van der Waals surface area (Å²) in [7, 11) is 1.65. The van der Waals surface area contributed by atoms with Crippen molar-refractivity contribution >= 4 is 0 Å². The molecule has 3 aromatic rings. The third-order valence-electron chi connectivity index (χ3n) is 4.67. The van der Waals surface area contributed by atoms with E-state index in [0.717, 1.165) is 16.9 Å². The van der Waals surface area contributed by atoms with Gasteiger partial charge in [-0.2, -0.15) is 0 Å². The van der Waals surface area contributed by atoms with Crippen molar-refractivity contribution in [1.82, 2.24) is 10.2 Å². The first-order chi connectivity index (χ1) is 12.6. The Labute approximate surface area is 161 Å². The van der Waals surface area contributed by atoms with Crippen molar-refractivity contribution in [1.29, 1.82) is 0 Å². The fraction of sp³-hybridized carbons (Fsp3) is 0.391. The summed E-state index contributed by atoms with van der Waals surface area (Å²) < 4.78 is 11.2. The van der Waals surface area contributed by atoms with Crippen LogP contribution in [0.5, 0.6) is 5.75 Å². The largest absolute Gasteiger partial charge is 0.497 e. The van der Waals surface area contributed by atoms with E-state index in [4.69, 9.17) is 9.15 Å². The van der Waals surface area contributed by atoms with Crippen molar-refractivity contribution in [3.63, 3.8) is 0 Å². The summed E-state index contributed by atoms with van der Waals surface area (Å²) >= 11 is 0. The first-order valence-corrected chi connectivity index (χ1v) is 9.22. The van der Waals surface area contributed by atoms with E-state index in [1.807, 2.05) is 24.3 Å². The van der Waals surface area contributed by atoms with Gasteiger partial charge in [0.25, 0.3) is 0 Å². The number of methoxy groups -OCH3 is 1. The first kappa shape index (κ1) is 19.2. The summed E-state index contributed by atoms with van der Waals surface area (Å²) in [5.41, 5.74) is 4.42. The minimum absolute atomic E-state index is 0.0366. The summed E-state index contributed by atoms with van der Waals surface area (Å²) in [5.74, 6) is 1.84. The van der Waals surface area contributed by atoms with Gasteiger partial charge in [-0.15, -0.1) is 10.2 Å². The topological polar surface area (TPSA) is 48.2 Å². The van der Waals surface area contributed by atoms with Crippen LogP contribution in [0.3, 0.4) is 0 Å². The molecule has 4 heteroatoms. The molecule has 0 fully saturated rings. The van der Waals surface area contributed by atoms with E-state index in [1.165, 1.54) is 11.1 Å². The molecule has 2 aromatic carbocycles. The zero-order valence-electron chi connectivity index (χ0n) is 17.3. The Morgan fingerprint density at radius 2 is 1.19 bits per heavy atom. The van der Waals surface area contributed by atoms with Gasteiger partial charge in [0, 0.05) is 11.1 Å². The highest BCUT2D eigenvalue weighted by Crippen LogP contribution is 2.34. The molecule has 1 heterocycles. The first-order valence-electron chi connectivity index (χ1n) is 9.22. The molecule has 0 radical (unpaired) electrons. The van der Waals surface area contributed by atoms with Crippen molar-refractivity contribution in [2.45, 2.75) is 52.4 Å². The van der Waals surface area contributed by atoms with Crippen LogP contribution in [0.15, 0.2) is 46.9 Å². The summed E-state index contributed by atoms with van der Waals surface area (Å²) in [5, 5.41) is 8.55. The number of hydrogen-bond acceptors (Lipinski definition) is 4. The predicted molar refractivity (Wildman–Crippen MR) is 109 cm³/mol. The van der Waals surface area contributed by atoms with E-state index >= 15 is 0 Å². The molecule has 0 saturated heterocycles. The molecular weight excluding hydrogens is 336 g/mol. The zero-order chi connectivity index (χ0) is 19.8. The van der Waals surface area contributed by atoms with Gasteiger partial charge in [0.2, 0.25) is 11.8 Å². The molecule has 142 valence electrons. The van der Waals surface area contributed by atoms with E-state index < -0.39 is 0 Å². The lowest BCUT2D eigenvalue weighted by atomic mass is 9.79. The molecule has 0 unspecified atom stereocenters. The molecule has 0 aliphatic rings. The van der Waals surface area contributed by atoms with E-state index in [0.29, 0.717) is 11.8 Å². The molecule has 0 aliphatic carbocycles. The maximum atomic E-state index is 6.00. The van der Waals surface area contributed by atoms with Crippen LogP contribution in [-0.2, 0) is 10.8 Å². The molecule has 27 heavy (non-hydrogen) atoms. The van der Waals surface area contributed by atoms with E-state index in [9.17, 15) is 0 Å². The van der Waals surface area contributed by atoms with Gasteiger partial charge < -0.3 is 9.15 Å². The molecule has 0 saturated carbocycles. The van der Waals surface area contributed by atoms with E-state index in [-0.39, 0.29) is 10.8 Å². The second-order valence-electron chi connectivity index (χ2n) is 8.94. The van der Waals surface area contributed by atoms with Gasteiger partial charge in [-0.1, -0.05) is 47.6 Å². The Morgan fingerprint density at radius 1 is 0.704 bits per heavy atom. The van der Waals surface area contributed by atoms with Crippen LogP contribution in [-0.4, -0.2) is 17.3 Å². The van der Waals surface area contributed by atoms with Gasteiger partial charge in [-0.25, -0.2) is 0 Å². The highest BCUT2D eigenvalue weighted by Gasteiger charge is 2.22. The van der Waals surface area contributed by atoms with Crippen LogP contribution in [0.4, 0.5) is 0 Å². The second-order valence-corrected chi connectivity index (χ2v) is 8.94. The highest BCUT2D eigenvalue weighted by molar-refractivity contribution is 5.61. The maximum absolute atomic E-state index is 6.00. The van der Waals surface area contributed by atoms with Crippen LogP contribution < -0.4 is 4.74 Å². The van der Waals surface area contributed by atoms with Crippen LogP contribution in [0.1, 0.15) is 52.7 Å². The molecule has 1 aromatic heterocycles. The summed E-state index contributed by atoms with van der Waals surface area (Å²) in [4.78, 5) is 0. The number of aromatic nitrogens is 2. The number of nitrogens with zero attached hydrogens (tertiary/aromatic N) is 2. The Morgan fingerprint density at radius 3 is 1.63 bits per heavy atom. The zero-order valence-corrected chi connectivity index (χ0v) is 17.3. The number of benzene rings is 2. The quantitative estimate of drug-likeness (QED) is 0.571. The lowest BCUT2D eigenvalue weighted by molar-refractivity contribution is 0.415. The van der Waals surface area contributed by atoms with Gasteiger partial charge in [0.15, 0.2) is 0 Å². The van der Waals surface area contributed by atoms with E-state index in [2.05, 4.69) is 69.9 Å².